The van der Waals surface area contributed by atoms with Gasteiger partial charge in [0.2, 0.25) is 5.91 Å². The minimum Gasteiger partial charge on any atom is -0.756 e. The van der Waals surface area contributed by atoms with Crippen molar-refractivity contribution in [2.45, 2.75) is 296 Å². The van der Waals surface area contributed by atoms with Gasteiger partial charge >= 0.3 is 0 Å². The summed E-state index contributed by atoms with van der Waals surface area (Å²) < 4.78 is 23.3. The van der Waals surface area contributed by atoms with Crippen LogP contribution in [0, 0.1) is 0 Å². The topological polar surface area (TPSA) is 108 Å². The van der Waals surface area contributed by atoms with Gasteiger partial charge in [-0.1, -0.05) is 270 Å². The Labute approximate surface area is 399 Å². The van der Waals surface area contributed by atoms with Gasteiger partial charge < -0.3 is 28.8 Å². The van der Waals surface area contributed by atoms with Crippen LogP contribution in [-0.4, -0.2) is 68.5 Å². The van der Waals surface area contributed by atoms with Crippen molar-refractivity contribution in [3.8, 4) is 0 Å². The number of rotatable bonds is 52. The number of hydrogen-bond acceptors (Lipinski definition) is 6. The monoisotopic (exact) mass is 927 g/mol. The predicted molar refractivity (Wildman–Crippen MR) is 275 cm³/mol. The second-order valence-corrected chi connectivity index (χ2v) is 22.1. The molecule has 0 aliphatic heterocycles. The molecule has 382 valence electrons. The average Bonchev–Trinajstić information content (AvgIpc) is 3.25. The summed E-state index contributed by atoms with van der Waals surface area (Å²) in [4.78, 5) is 25.5. The lowest BCUT2D eigenvalue weighted by molar-refractivity contribution is -0.870. The number of carbonyl (C=O) groups excluding carboxylic acids is 1. The lowest BCUT2D eigenvalue weighted by Crippen LogP contribution is -2.45. The number of aliphatic hydroxyl groups is 1. The van der Waals surface area contributed by atoms with Crippen LogP contribution in [0.4, 0.5) is 0 Å². The molecule has 0 fully saturated rings. The predicted octanol–water partition coefficient (Wildman–Crippen LogP) is 16.0. The SMILES string of the molecule is CCCCCCCCCCCCCCCCCCCCCCC/C=C/C(O)C(COP(=O)([O-])OCC[N+](C)(C)C)NC(=O)CCCCCCCCCCCCCCCCCCCCC. The first-order valence-electron chi connectivity index (χ1n) is 28.1. The van der Waals surface area contributed by atoms with Crippen LogP contribution >= 0.6 is 7.82 Å². The van der Waals surface area contributed by atoms with E-state index in [9.17, 15) is 19.4 Å². The van der Waals surface area contributed by atoms with E-state index in [2.05, 4.69) is 19.2 Å². The van der Waals surface area contributed by atoms with Gasteiger partial charge in [0.25, 0.3) is 7.82 Å². The van der Waals surface area contributed by atoms with Crippen LogP contribution in [0.15, 0.2) is 12.2 Å². The highest BCUT2D eigenvalue weighted by atomic mass is 31.2. The maximum atomic E-state index is 12.9. The van der Waals surface area contributed by atoms with Gasteiger partial charge in [-0.15, -0.1) is 0 Å². The minimum atomic E-state index is -4.59. The summed E-state index contributed by atoms with van der Waals surface area (Å²) >= 11 is 0. The molecule has 3 unspecified atom stereocenters. The first kappa shape index (κ1) is 63.2. The molecule has 3 atom stereocenters. The van der Waals surface area contributed by atoms with Gasteiger partial charge in [0.05, 0.1) is 39.9 Å². The Hall–Kier alpha value is -0.760. The number of nitrogens with one attached hydrogen (secondary N) is 1. The molecule has 0 aliphatic rings. The molecule has 64 heavy (non-hydrogen) atoms. The lowest BCUT2D eigenvalue weighted by Gasteiger charge is -2.29. The number of hydrogen-bond donors (Lipinski definition) is 2. The molecule has 0 aromatic carbocycles. The molecule has 0 saturated heterocycles. The standard InChI is InChI=1S/C55H111N2O6P/c1-6-8-10-12-14-16-18-20-22-24-26-27-28-29-31-32-34-36-38-40-42-44-46-48-54(58)53(52-63-64(60,61)62-51-50-57(3,4)5)56-55(59)49-47-45-43-41-39-37-35-33-30-25-23-21-19-17-15-13-11-9-7-2/h46,48,53-54,58H,6-45,47,49-52H2,1-5H3,(H-,56,59,60,61)/b48-46+. The van der Waals surface area contributed by atoms with E-state index in [-0.39, 0.29) is 19.1 Å². The molecule has 1 amide bonds. The molecule has 2 N–H and O–H groups in total. The molecular formula is C55H111N2O6P. The second kappa shape index (κ2) is 47.3. The Kier molecular flexibility index (Phi) is 46.8. The van der Waals surface area contributed by atoms with E-state index in [0.717, 1.165) is 38.5 Å². The van der Waals surface area contributed by atoms with Crippen molar-refractivity contribution >= 4 is 13.7 Å². The van der Waals surface area contributed by atoms with Gasteiger partial charge in [0.15, 0.2) is 0 Å². The Morgan fingerprint density at radius 2 is 0.844 bits per heavy atom. The zero-order valence-electron chi connectivity index (χ0n) is 43.5. The molecule has 9 heteroatoms. The normalized spacial score (nSPS) is 14.0. The van der Waals surface area contributed by atoms with Gasteiger partial charge in [0, 0.05) is 6.42 Å². The highest BCUT2D eigenvalue weighted by Gasteiger charge is 2.23. The average molecular weight is 927 g/mol. The van der Waals surface area contributed by atoms with E-state index in [1.807, 2.05) is 27.2 Å². The highest BCUT2D eigenvalue weighted by Crippen LogP contribution is 2.38. The van der Waals surface area contributed by atoms with Crippen LogP contribution in [0.1, 0.15) is 284 Å². The molecular weight excluding hydrogens is 816 g/mol. The van der Waals surface area contributed by atoms with Gasteiger partial charge in [-0.3, -0.25) is 9.36 Å². The van der Waals surface area contributed by atoms with Crippen LogP contribution in [0.3, 0.4) is 0 Å². The zero-order chi connectivity index (χ0) is 47.1. The van der Waals surface area contributed by atoms with Gasteiger partial charge in [-0.25, -0.2) is 0 Å². The zero-order valence-corrected chi connectivity index (χ0v) is 44.4. The second-order valence-electron chi connectivity index (χ2n) is 20.7. The first-order valence-corrected chi connectivity index (χ1v) is 29.5. The van der Waals surface area contributed by atoms with Crippen molar-refractivity contribution in [2.24, 2.45) is 0 Å². The maximum Gasteiger partial charge on any atom is 0.268 e. The number of aliphatic hydroxyl groups excluding tert-OH is 1. The number of allylic oxidation sites excluding steroid dienone is 1. The summed E-state index contributed by atoms with van der Waals surface area (Å²) in [6.45, 7) is 4.70. The van der Waals surface area contributed by atoms with Crippen LogP contribution in [0.5, 0.6) is 0 Å². The molecule has 8 nitrogen and oxygen atoms in total. The van der Waals surface area contributed by atoms with Crippen LogP contribution < -0.4 is 10.2 Å². The van der Waals surface area contributed by atoms with E-state index < -0.39 is 20.0 Å². The Morgan fingerprint density at radius 3 is 1.17 bits per heavy atom. The molecule has 0 bridgehead atoms. The summed E-state index contributed by atoms with van der Waals surface area (Å²) in [6, 6.07) is -0.881. The number of phosphoric ester groups is 1. The summed E-state index contributed by atoms with van der Waals surface area (Å²) in [5, 5.41) is 13.9. The first-order chi connectivity index (χ1) is 31.0. The number of likely N-dealkylation sites (N-methyl/N-ethyl adjacent to an activating group) is 1. The van der Waals surface area contributed by atoms with Gasteiger partial charge in [0.1, 0.15) is 13.2 Å². The van der Waals surface area contributed by atoms with Gasteiger partial charge in [-0.2, -0.15) is 0 Å². The third-order valence-corrected chi connectivity index (χ3v) is 14.0. The summed E-state index contributed by atoms with van der Waals surface area (Å²) in [7, 11) is 1.28. The highest BCUT2D eigenvalue weighted by molar-refractivity contribution is 7.45. The molecule has 0 rings (SSSR count). The molecule has 0 aromatic heterocycles. The molecule has 0 aromatic rings. The number of unbranched alkanes of at least 4 members (excludes halogenated alkanes) is 39. The van der Waals surface area contributed by atoms with Crippen LogP contribution in [0.2, 0.25) is 0 Å². The smallest absolute Gasteiger partial charge is 0.268 e. The van der Waals surface area contributed by atoms with Crippen molar-refractivity contribution in [3.63, 3.8) is 0 Å². The van der Waals surface area contributed by atoms with Crippen molar-refractivity contribution < 1.29 is 32.9 Å². The van der Waals surface area contributed by atoms with Crippen molar-refractivity contribution in [3.05, 3.63) is 12.2 Å². The van der Waals surface area contributed by atoms with E-state index in [1.54, 1.807) is 6.08 Å². The maximum absolute atomic E-state index is 12.9. The Bertz CT molecular complexity index is 1050. The van der Waals surface area contributed by atoms with E-state index in [0.29, 0.717) is 17.4 Å². The summed E-state index contributed by atoms with van der Waals surface area (Å²) in [6.07, 6.45) is 57.0. The van der Waals surface area contributed by atoms with Crippen molar-refractivity contribution in [1.82, 2.24) is 5.32 Å². The van der Waals surface area contributed by atoms with Crippen molar-refractivity contribution in [1.29, 1.82) is 0 Å². The molecule has 0 saturated carbocycles. The minimum absolute atomic E-state index is 0.00265. The fourth-order valence-electron chi connectivity index (χ4n) is 8.57. The number of phosphoric acid groups is 1. The molecule has 0 spiro atoms. The number of quaternary nitrogens is 1. The summed E-state index contributed by atoms with van der Waals surface area (Å²) in [5.74, 6) is -0.191. The van der Waals surface area contributed by atoms with E-state index >= 15 is 0 Å². The van der Waals surface area contributed by atoms with Crippen molar-refractivity contribution in [2.75, 3.05) is 40.9 Å². The fraction of sp³-hybridized carbons (Fsp3) is 0.945. The largest absolute Gasteiger partial charge is 0.756 e. The molecule has 0 aliphatic carbocycles. The van der Waals surface area contributed by atoms with Crippen LogP contribution in [0.25, 0.3) is 0 Å². The lowest BCUT2D eigenvalue weighted by atomic mass is 10.0. The summed E-state index contributed by atoms with van der Waals surface area (Å²) in [5.41, 5.74) is 0. The fourth-order valence-corrected chi connectivity index (χ4v) is 9.29. The third kappa shape index (κ3) is 49.2. The van der Waals surface area contributed by atoms with E-state index in [4.69, 9.17) is 9.05 Å². The number of carbonyl (C=O) groups is 1. The molecule has 0 radical (unpaired) electrons. The number of nitrogens with zero attached hydrogens (tertiary/aromatic N) is 1. The van der Waals surface area contributed by atoms with Crippen LogP contribution in [-0.2, 0) is 18.4 Å². The van der Waals surface area contributed by atoms with Gasteiger partial charge in [-0.05, 0) is 19.3 Å². The van der Waals surface area contributed by atoms with E-state index in [1.165, 1.54) is 225 Å². The Morgan fingerprint density at radius 1 is 0.531 bits per heavy atom. The number of amides is 1. The third-order valence-electron chi connectivity index (χ3n) is 13.0. The Balaban J connectivity index is 4.21. The molecule has 0 heterocycles. The quantitative estimate of drug-likeness (QED) is 0.0272.